The van der Waals surface area contributed by atoms with Crippen molar-refractivity contribution in [3.8, 4) is 0 Å². The van der Waals surface area contributed by atoms with Gasteiger partial charge in [0.2, 0.25) is 0 Å². The van der Waals surface area contributed by atoms with Gasteiger partial charge in [-0.2, -0.15) is 0 Å². The number of rotatable bonds is 10. The fourth-order valence-corrected chi connectivity index (χ4v) is 1.36. The van der Waals surface area contributed by atoms with E-state index in [1.165, 1.54) is 12.4 Å². The molecule has 0 radical (unpaired) electrons. The Bertz CT molecular complexity index is 540. The van der Waals surface area contributed by atoms with Gasteiger partial charge in [-0.25, -0.2) is 0 Å². The Morgan fingerprint density at radius 1 is 1.14 bits per heavy atom. The number of aliphatic imine (C=N–C) groups is 1. The van der Waals surface area contributed by atoms with Gasteiger partial charge in [0.05, 0.1) is 0 Å². The van der Waals surface area contributed by atoms with Gasteiger partial charge in [-0.3, -0.25) is 14.6 Å². The van der Waals surface area contributed by atoms with Gasteiger partial charge in [0.15, 0.2) is 0 Å². The summed E-state index contributed by atoms with van der Waals surface area (Å²) in [6.45, 7) is 5.00. The van der Waals surface area contributed by atoms with E-state index in [4.69, 9.17) is 10.2 Å². The molecule has 6 heteroatoms. The largest absolute Gasteiger partial charge is 0.480 e. The third kappa shape index (κ3) is 9.96. The average molecular weight is 304 g/mol. The molecule has 0 aliphatic heterocycles. The van der Waals surface area contributed by atoms with Crippen LogP contribution < -0.4 is 5.32 Å². The van der Waals surface area contributed by atoms with Crippen molar-refractivity contribution in [2.75, 3.05) is 13.1 Å². The second-order valence-corrected chi connectivity index (χ2v) is 3.97. The number of nitrogens with one attached hydrogen (secondary N) is 1. The predicted octanol–water partition coefficient (Wildman–Crippen LogP) is 1.94. The van der Waals surface area contributed by atoms with Crippen LogP contribution >= 0.6 is 0 Å². The molecule has 0 spiro atoms. The summed E-state index contributed by atoms with van der Waals surface area (Å²) in [5.74, 6) is -1.96. The van der Waals surface area contributed by atoms with Crippen molar-refractivity contribution in [1.29, 1.82) is 0 Å². The molecular weight excluding hydrogens is 284 g/mol. The van der Waals surface area contributed by atoms with Gasteiger partial charge < -0.3 is 15.5 Å². The number of hydrogen-bond donors (Lipinski definition) is 3. The quantitative estimate of drug-likeness (QED) is 0.423. The second-order valence-electron chi connectivity index (χ2n) is 3.97. The van der Waals surface area contributed by atoms with Crippen LogP contribution in [0.2, 0.25) is 0 Å². The molecule has 0 unspecified atom stereocenters. The SMILES string of the molecule is C=C/C=C(\C=C/NCC(=O)O)C(/C=C\C)=C/C=N/CC(=O)O. The molecule has 0 fully saturated rings. The lowest BCUT2D eigenvalue weighted by molar-refractivity contribution is -0.136. The van der Waals surface area contributed by atoms with Gasteiger partial charge in [-0.1, -0.05) is 30.9 Å². The third-order valence-corrected chi connectivity index (χ3v) is 2.20. The number of aliphatic carboxylic acids is 2. The minimum atomic E-state index is -1.00. The lowest BCUT2D eigenvalue weighted by atomic mass is 10.0. The Morgan fingerprint density at radius 3 is 2.36 bits per heavy atom. The normalized spacial score (nSPS) is 13.1. The first-order chi connectivity index (χ1) is 10.5. The van der Waals surface area contributed by atoms with Gasteiger partial charge in [0.25, 0.3) is 0 Å². The minimum absolute atomic E-state index is 0.180. The highest BCUT2D eigenvalue weighted by atomic mass is 16.4. The smallest absolute Gasteiger partial charge is 0.325 e. The van der Waals surface area contributed by atoms with E-state index in [0.717, 1.165) is 11.1 Å². The number of carboxylic acid groups (broad SMARTS) is 2. The number of nitrogens with zero attached hydrogens (tertiary/aromatic N) is 1. The summed E-state index contributed by atoms with van der Waals surface area (Å²) in [5.41, 5.74) is 1.55. The van der Waals surface area contributed by atoms with Gasteiger partial charge in [-0.15, -0.1) is 0 Å². The van der Waals surface area contributed by atoms with E-state index in [1.807, 2.05) is 19.1 Å². The second kappa shape index (κ2) is 11.9. The molecule has 0 bridgehead atoms. The molecule has 6 nitrogen and oxygen atoms in total. The summed E-state index contributed by atoms with van der Waals surface area (Å²) >= 11 is 0. The number of carbonyl (C=O) groups is 2. The number of allylic oxidation sites excluding steroid dienone is 8. The Morgan fingerprint density at radius 2 is 1.82 bits per heavy atom. The first-order valence-corrected chi connectivity index (χ1v) is 6.50. The molecule has 0 aliphatic carbocycles. The van der Waals surface area contributed by atoms with E-state index in [2.05, 4.69) is 16.9 Å². The van der Waals surface area contributed by atoms with Crippen molar-refractivity contribution in [1.82, 2.24) is 5.32 Å². The van der Waals surface area contributed by atoms with Crippen LogP contribution in [0, 0.1) is 0 Å². The maximum atomic E-state index is 10.4. The van der Waals surface area contributed by atoms with Gasteiger partial charge in [0, 0.05) is 6.21 Å². The number of hydrogen-bond acceptors (Lipinski definition) is 4. The van der Waals surface area contributed by atoms with Crippen LogP contribution in [0.3, 0.4) is 0 Å². The van der Waals surface area contributed by atoms with E-state index in [-0.39, 0.29) is 13.1 Å². The molecule has 0 aromatic carbocycles. The summed E-state index contributed by atoms with van der Waals surface area (Å²) in [6, 6.07) is 0. The molecular formula is C16H20N2O4. The summed E-state index contributed by atoms with van der Waals surface area (Å²) < 4.78 is 0. The lowest BCUT2D eigenvalue weighted by Crippen LogP contribution is -2.16. The summed E-state index contributed by atoms with van der Waals surface area (Å²) in [7, 11) is 0. The lowest BCUT2D eigenvalue weighted by Gasteiger charge is -2.03. The highest BCUT2D eigenvalue weighted by molar-refractivity contribution is 5.78. The monoisotopic (exact) mass is 304 g/mol. The fraction of sp³-hybridized carbons (Fsp3) is 0.188. The van der Waals surface area contributed by atoms with Gasteiger partial charge >= 0.3 is 11.9 Å². The molecule has 22 heavy (non-hydrogen) atoms. The summed E-state index contributed by atoms with van der Waals surface area (Å²) in [5, 5.41) is 19.7. The zero-order chi connectivity index (χ0) is 16.8. The zero-order valence-corrected chi connectivity index (χ0v) is 12.4. The standard InChI is InChI=1S/C16H20N2O4/c1-3-5-13(7-9-17-11-15(19)20)14(6-4-2)8-10-18-12-16(21)22/h3-10,17H,1,11-12H2,2H3,(H,19,20)(H,21,22)/b6-4-,9-7-,13-5+,14-8+,18-10+. The molecule has 118 valence electrons. The van der Waals surface area contributed by atoms with Crippen LogP contribution in [0.4, 0.5) is 0 Å². The predicted molar refractivity (Wildman–Crippen MR) is 87.0 cm³/mol. The Hall–Kier alpha value is -2.89. The molecule has 0 heterocycles. The molecule has 0 saturated heterocycles. The third-order valence-electron chi connectivity index (χ3n) is 2.20. The van der Waals surface area contributed by atoms with Crippen LogP contribution in [0.15, 0.2) is 65.4 Å². The van der Waals surface area contributed by atoms with Crippen LogP contribution in [-0.4, -0.2) is 41.5 Å². The molecule has 0 aromatic heterocycles. The van der Waals surface area contributed by atoms with Crippen molar-refractivity contribution >= 4 is 18.2 Å². The molecule has 0 amide bonds. The molecule has 0 rings (SSSR count). The van der Waals surface area contributed by atoms with Crippen molar-refractivity contribution in [3.63, 3.8) is 0 Å². The molecule has 3 N–H and O–H groups in total. The first kappa shape index (κ1) is 19.1. The van der Waals surface area contributed by atoms with Crippen LogP contribution in [0.5, 0.6) is 0 Å². The van der Waals surface area contributed by atoms with E-state index in [0.29, 0.717) is 0 Å². The Kier molecular flexibility index (Phi) is 10.3. The maximum Gasteiger partial charge on any atom is 0.325 e. The van der Waals surface area contributed by atoms with Gasteiger partial charge in [-0.05, 0) is 36.4 Å². The molecule has 0 saturated carbocycles. The highest BCUT2D eigenvalue weighted by Gasteiger charge is 1.97. The van der Waals surface area contributed by atoms with Gasteiger partial charge in [0.1, 0.15) is 13.1 Å². The van der Waals surface area contributed by atoms with Crippen LogP contribution in [0.1, 0.15) is 6.92 Å². The molecule has 0 aromatic rings. The van der Waals surface area contributed by atoms with E-state index >= 15 is 0 Å². The molecule has 0 aliphatic rings. The maximum absolute atomic E-state index is 10.4. The first-order valence-electron chi connectivity index (χ1n) is 6.50. The number of carboxylic acids is 2. The Labute approximate surface area is 129 Å². The zero-order valence-electron chi connectivity index (χ0n) is 12.4. The molecule has 0 atom stereocenters. The topological polar surface area (TPSA) is 99.0 Å². The minimum Gasteiger partial charge on any atom is -0.480 e. The van der Waals surface area contributed by atoms with Crippen molar-refractivity contribution < 1.29 is 19.8 Å². The average Bonchev–Trinajstić information content (AvgIpc) is 2.45. The van der Waals surface area contributed by atoms with Crippen LogP contribution in [0.25, 0.3) is 0 Å². The van der Waals surface area contributed by atoms with Crippen molar-refractivity contribution in [2.24, 2.45) is 4.99 Å². The highest BCUT2D eigenvalue weighted by Crippen LogP contribution is 2.13. The van der Waals surface area contributed by atoms with E-state index < -0.39 is 11.9 Å². The van der Waals surface area contributed by atoms with Crippen LogP contribution in [-0.2, 0) is 9.59 Å². The van der Waals surface area contributed by atoms with E-state index in [9.17, 15) is 9.59 Å². The summed E-state index contributed by atoms with van der Waals surface area (Å²) in [4.78, 5) is 24.6. The van der Waals surface area contributed by atoms with Crippen molar-refractivity contribution in [2.45, 2.75) is 6.92 Å². The van der Waals surface area contributed by atoms with E-state index in [1.54, 1.807) is 24.3 Å². The Balaban J connectivity index is 5.10. The summed E-state index contributed by atoms with van der Waals surface area (Å²) in [6.07, 6.45) is 13.3. The fourth-order valence-electron chi connectivity index (χ4n) is 1.36. The van der Waals surface area contributed by atoms with Crippen molar-refractivity contribution in [3.05, 3.63) is 60.4 Å².